The Labute approximate surface area is 177 Å². The number of ketones is 1. The van der Waals surface area contributed by atoms with Gasteiger partial charge < -0.3 is 19.5 Å². The summed E-state index contributed by atoms with van der Waals surface area (Å²) in [4.78, 5) is 26.3. The highest BCUT2D eigenvalue weighted by molar-refractivity contribution is 6.15. The number of esters is 1. The lowest BCUT2D eigenvalue weighted by Gasteiger charge is -2.28. The summed E-state index contributed by atoms with van der Waals surface area (Å²) in [5.41, 5.74) is 1.09. The van der Waals surface area contributed by atoms with Crippen LogP contribution in [0.4, 0.5) is 5.95 Å². The summed E-state index contributed by atoms with van der Waals surface area (Å²) in [5.74, 6) is 0.180. The number of fused-ring (bicyclic) bond motifs is 1. The van der Waals surface area contributed by atoms with Crippen molar-refractivity contribution >= 4 is 17.7 Å². The fourth-order valence-electron chi connectivity index (χ4n) is 3.43. The van der Waals surface area contributed by atoms with Crippen molar-refractivity contribution in [2.75, 3.05) is 26.6 Å². The number of hydrogen-bond donors (Lipinski definition) is 1. The Balaban J connectivity index is 1.95. The summed E-state index contributed by atoms with van der Waals surface area (Å²) in [6, 6.07) is 13.0. The molecule has 10 nitrogen and oxygen atoms in total. The normalized spacial score (nSPS) is 15.0. The van der Waals surface area contributed by atoms with Gasteiger partial charge in [-0.1, -0.05) is 29.4 Å². The predicted molar refractivity (Wildman–Crippen MR) is 109 cm³/mol. The van der Waals surface area contributed by atoms with E-state index < -0.39 is 17.8 Å². The molecule has 0 unspecified atom stereocenters. The molecule has 158 valence electrons. The molecular formula is C21H19N5O5. The van der Waals surface area contributed by atoms with Gasteiger partial charge in [0.05, 0.1) is 26.9 Å². The van der Waals surface area contributed by atoms with Crippen molar-refractivity contribution in [2.24, 2.45) is 0 Å². The number of ether oxygens (including phenoxy) is 3. The number of nitrogens with zero attached hydrogens (tertiary/aromatic N) is 4. The van der Waals surface area contributed by atoms with Gasteiger partial charge in [0.2, 0.25) is 5.95 Å². The van der Waals surface area contributed by atoms with Gasteiger partial charge in [0, 0.05) is 5.56 Å². The van der Waals surface area contributed by atoms with Crippen LogP contribution in [-0.2, 0) is 9.53 Å². The minimum Gasteiger partial charge on any atom is -0.497 e. The fraction of sp³-hybridized carbons (Fsp3) is 0.190. The van der Waals surface area contributed by atoms with Crippen LogP contribution in [-0.4, -0.2) is 53.3 Å². The minimum atomic E-state index is -0.797. The van der Waals surface area contributed by atoms with Crippen LogP contribution >= 0.6 is 0 Å². The van der Waals surface area contributed by atoms with Crippen LogP contribution in [0.5, 0.6) is 11.5 Å². The molecular weight excluding hydrogens is 402 g/mol. The Hall–Kier alpha value is -4.21. The molecule has 1 aliphatic heterocycles. The molecule has 0 saturated carbocycles. The third-order valence-electron chi connectivity index (χ3n) is 4.89. The van der Waals surface area contributed by atoms with E-state index in [1.807, 2.05) is 0 Å². The molecule has 2 heterocycles. The van der Waals surface area contributed by atoms with Crippen LogP contribution in [0.25, 0.3) is 0 Å². The van der Waals surface area contributed by atoms with E-state index >= 15 is 0 Å². The number of methoxy groups -OCH3 is 3. The summed E-state index contributed by atoms with van der Waals surface area (Å²) in [7, 11) is 4.29. The monoisotopic (exact) mass is 421 g/mol. The average Bonchev–Trinajstić information content (AvgIpc) is 3.30. The second-order valence-corrected chi connectivity index (χ2v) is 6.59. The van der Waals surface area contributed by atoms with Crippen molar-refractivity contribution < 1.29 is 23.8 Å². The fourth-order valence-corrected chi connectivity index (χ4v) is 3.43. The van der Waals surface area contributed by atoms with Gasteiger partial charge in [0.25, 0.3) is 0 Å². The second kappa shape index (κ2) is 8.27. The molecule has 3 aromatic rings. The lowest BCUT2D eigenvalue weighted by molar-refractivity contribution is -0.136. The maximum absolute atomic E-state index is 13.7. The number of rotatable bonds is 6. The summed E-state index contributed by atoms with van der Waals surface area (Å²) in [5, 5.41) is 14.5. The van der Waals surface area contributed by atoms with Crippen molar-refractivity contribution in [3.05, 3.63) is 70.9 Å². The SMILES string of the molecule is COC(=O)C1=C(C(=O)c2cccc(OC)c2)[C@@H](c2cccc(OC)c2)n2nnnc2N1. The van der Waals surface area contributed by atoms with Crippen LogP contribution < -0.4 is 14.8 Å². The number of aromatic nitrogens is 4. The van der Waals surface area contributed by atoms with Gasteiger partial charge in [-0.3, -0.25) is 4.79 Å². The summed E-state index contributed by atoms with van der Waals surface area (Å²) < 4.78 is 17.0. The Morgan fingerprint density at radius 1 is 1.00 bits per heavy atom. The number of carbonyl (C=O) groups excluding carboxylic acids is 2. The van der Waals surface area contributed by atoms with Gasteiger partial charge >= 0.3 is 5.97 Å². The first kappa shape index (κ1) is 20.1. The van der Waals surface area contributed by atoms with Crippen LogP contribution in [0.3, 0.4) is 0 Å². The van der Waals surface area contributed by atoms with E-state index in [0.29, 0.717) is 22.6 Å². The molecule has 1 aliphatic rings. The highest BCUT2D eigenvalue weighted by Gasteiger charge is 2.38. The molecule has 0 fully saturated rings. The number of hydrogen-bond acceptors (Lipinski definition) is 9. The van der Waals surface area contributed by atoms with Gasteiger partial charge in [0.1, 0.15) is 23.2 Å². The molecule has 0 aliphatic carbocycles. The first-order chi connectivity index (χ1) is 15.1. The molecule has 0 amide bonds. The topological polar surface area (TPSA) is 117 Å². The Kier molecular flexibility index (Phi) is 5.35. The average molecular weight is 421 g/mol. The molecule has 31 heavy (non-hydrogen) atoms. The highest BCUT2D eigenvalue weighted by Crippen LogP contribution is 2.37. The molecule has 4 rings (SSSR count). The van der Waals surface area contributed by atoms with Gasteiger partial charge in [-0.2, -0.15) is 4.68 Å². The molecule has 0 radical (unpaired) electrons. The molecule has 1 aromatic heterocycles. The van der Waals surface area contributed by atoms with E-state index in [1.54, 1.807) is 55.6 Å². The zero-order chi connectivity index (χ0) is 22.0. The van der Waals surface area contributed by atoms with E-state index in [4.69, 9.17) is 14.2 Å². The molecule has 0 bridgehead atoms. The van der Waals surface area contributed by atoms with Crippen molar-refractivity contribution in [1.82, 2.24) is 20.2 Å². The Morgan fingerprint density at radius 3 is 2.42 bits per heavy atom. The number of nitrogens with one attached hydrogen (secondary N) is 1. The van der Waals surface area contributed by atoms with Crippen molar-refractivity contribution in [3.63, 3.8) is 0 Å². The Morgan fingerprint density at radius 2 is 1.71 bits per heavy atom. The van der Waals surface area contributed by atoms with Crippen molar-refractivity contribution in [3.8, 4) is 11.5 Å². The first-order valence-electron chi connectivity index (χ1n) is 9.27. The molecule has 1 atom stereocenters. The number of benzene rings is 2. The van der Waals surface area contributed by atoms with Gasteiger partial charge in [-0.15, -0.1) is 0 Å². The zero-order valence-electron chi connectivity index (χ0n) is 17.0. The van der Waals surface area contributed by atoms with Crippen molar-refractivity contribution in [1.29, 1.82) is 0 Å². The number of tetrazole rings is 1. The molecule has 0 saturated heterocycles. The first-order valence-corrected chi connectivity index (χ1v) is 9.27. The molecule has 1 N–H and O–H groups in total. The minimum absolute atomic E-state index is 0.0366. The van der Waals surface area contributed by atoms with E-state index in [0.717, 1.165) is 0 Å². The maximum Gasteiger partial charge on any atom is 0.355 e. The van der Waals surface area contributed by atoms with E-state index in [2.05, 4.69) is 20.8 Å². The third kappa shape index (κ3) is 3.59. The number of Topliss-reactive ketones (excluding diaryl/α,β-unsaturated/α-hetero) is 1. The van der Waals surface area contributed by atoms with E-state index in [-0.39, 0.29) is 17.2 Å². The molecule has 0 spiro atoms. The second-order valence-electron chi connectivity index (χ2n) is 6.59. The molecule has 2 aromatic carbocycles. The lowest BCUT2D eigenvalue weighted by atomic mass is 9.89. The van der Waals surface area contributed by atoms with Crippen LogP contribution in [0.2, 0.25) is 0 Å². The maximum atomic E-state index is 13.7. The summed E-state index contributed by atoms with van der Waals surface area (Å²) >= 11 is 0. The van der Waals surface area contributed by atoms with Crippen LogP contribution in [0.15, 0.2) is 59.8 Å². The van der Waals surface area contributed by atoms with Gasteiger partial charge in [-0.25, -0.2) is 4.79 Å². The predicted octanol–water partition coefficient (Wildman–Crippen LogP) is 2.02. The van der Waals surface area contributed by atoms with E-state index in [1.165, 1.54) is 18.9 Å². The largest absolute Gasteiger partial charge is 0.497 e. The number of allylic oxidation sites excluding steroid dienone is 1. The number of carbonyl (C=O) groups is 2. The zero-order valence-corrected chi connectivity index (χ0v) is 17.0. The van der Waals surface area contributed by atoms with Crippen LogP contribution in [0.1, 0.15) is 22.0 Å². The summed E-state index contributed by atoms with van der Waals surface area (Å²) in [6.07, 6.45) is 0. The van der Waals surface area contributed by atoms with Gasteiger partial charge in [0.15, 0.2) is 5.78 Å². The third-order valence-corrected chi connectivity index (χ3v) is 4.89. The highest BCUT2D eigenvalue weighted by atomic mass is 16.5. The lowest BCUT2D eigenvalue weighted by Crippen LogP contribution is -2.33. The van der Waals surface area contributed by atoms with Gasteiger partial charge in [-0.05, 0) is 40.3 Å². The Bertz CT molecular complexity index is 1190. The van der Waals surface area contributed by atoms with E-state index in [9.17, 15) is 9.59 Å². The molecule has 10 heteroatoms. The quantitative estimate of drug-likeness (QED) is 0.471. The van der Waals surface area contributed by atoms with Crippen LogP contribution in [0, 0.1) is 0 Å². The number of anilines is 1. The summed E-state index contributed by atoms with van der Waals surface area (Å²) in [6.45, 7) is 0. The standard InChI is InChI=1S/C21H19N5O5/c1-29-14-8-4-6-12(10-14)18-16(19(27)13-7-5-9-15(11-13)30-2)17(20(28)31-3)22-21-23-24-25-26(18)21/h4-11,18H,1-3H3,(H,22,23,25)/t18-/m1/s1. The van der Waals surface area contributed by atoms with Crippen molar-refractivity contribution in [2.45, 2.75) is 6.04 Å². The smallest absolute Gasteiger partial charge is 0.355 e.